The number of amides is 1. The molecular weight excluding hydrogens is 814 g/mol. The van der Waals surface area contributed by atoms with Crippen molar-refractivity contribution in [2.24, 2.45) is 28.1 Å². The number of Topliss-reactive ketones (excluding diaryl/α,β-unsaturated/α-hetero) is 1. The van der Waals surface area contributed by atoms with Crippen molar-refractivity contribution >= 4 is 35.9 Å². The van der Waals surface area contributed by atoms with Gasteiger partial charge in [0.05, 0.1) is 42.8 Å². The molecule has 0 radical (unpaired) electrons. The smallest absolute Gasteiger partial charge is 0.457 e. The van der Waals surface area contributed by atoms with Gasteiger partial charge in [-0.05, 0) is 52.3 Å². The lowest BCUT2D eigenvalue weighted by Crippen LogP contribution is -2.81. The number of aliphatic hydroxyl groups is 3. The van der Waals surface area contributed by atoms with Gasteiger partial charge < -0.3 is 58.5 Å². The Balaban J connectivity index is 1.58. The van der Waals surface area contributed by atoms with Gasteiger partial charge in [0.15, 0.2) is 23.8 Å². The Bertz CT molecular complexity index is 2040. The number of ketones is 1. The second-order valence-electron chi connectivity index (χ2n) is 19.7. The van der Waals surface area contributed by atoms with Crippen molar-refractivity contribution in [1.29, 1.82) is 0 Å². The van der Waals surface area contributed by atoms with Crippen LogP contribution in [0.1, 0.15) is 99.4 Å². The molecule has 2 saturated heterocycles. The molecule has 2 heterocycles. The monoisotopic (exact) mass is 873 g/mol. The van der Waals surface area contributed by atoms with E-state index in [4.69, 9.17) is 37.9 Å². The topological polar surface area (TPSA) is 249 Å². The number of hydrogen-bond acceptors (Lipinski definition) is 17. The minimum atomic E-state index is -2.46. The van der Waals surface area contributed by atoms with Crippen LogP contribution in [0, 0.1) is 28.1 Å². The number of carbonyl (C=O) groups excluding carboxylic acids is 6. The van der Waals surface area contributed by atoms with E-state index in [9.17, 15) is 39.3 Å². The third kappa shape index (κ3) is 7.34. The maximum Gasteiger partial charge on any atom is 0.508 e. The average molecular weight is 874 g/mol. The fourth-order valence-electron chi connectivity index (χ4n) is 10.3. The van der Waals surface area contributed by atoms with E-state index in [2.05, 4.69) is 5.32 Å². The quantitative estimate of drug-likeness (QED) is 0.225. The summed E-state index contributed by atoms with van der Waals surface area (Å²) in [4.78, 5) is 83.8. The largest absolute Gasteiger partial charge is 0.508 e. The van der Waals surface area contributed by atoms with Crippen LogP contribution in [0.15, 0.2) is 41.7 Å². The van der Waals surface area contributed by atoms with Gasteiger partial charge in [-0.1, -0.05) is 52.8 Å². The van der Waals surface area contributed by atoms with Crippen molar-refractivity contribution in [3.8, 4) is 0 Å². The normalized spacial score (nSPS) is 38.1. The summed E-state index contributed by atoms with van der Waals surface area (Å²) in [6, 6.07) is 6.55. The molecule has 3 aliphatic carbocycles. The summed E-state index contributed by atoms with van der Waals surface area (Å²) in [7, 11) is 1.06. The van der Waals surface area contributed by atoms with Gasteiger partial charge in [0, 0.05) is 36.5 Å². The number of carbonyl (C=O) groups is 6. The van der Waals surface area contributed by atoms with Crippen LogP contribution in [0.3, 0.4) is 0 Å². The fraction of sp³-hybridized carbons (Fsp3) is 0.682. The molecule has 1 amide bonds. The van der Waals surface area contributed by atoms with Crippen LogP contribution < -0.4 is 5.32 Å². The molecule has 4 fully saturated rings. The van der Waals surface area contributed by atoms with E-state index >= 15 is 4.79 Å². The number of rotatable bonds is 7. The van der Waals surface area contributed by atoms with Gasteiger partial charge in [-0.15, -0.1) is 0 Å². The number of hydrogen-bond donors (Lipinski definition) is 4. The molecule has 1 aromatic carbocycles. The minimum Gasteiger partial charge on any atom is -0.457 e. The van der Waals surface area contributed by atoms with Gasteiger partial charge in [0.1, 0.15) is 29.0 Å². The Hall–Kier alpha value is -4.62. The number of esters is 3. The molecule has 1 aromatic rings. The van der Waals surface area contributed by atoms with Gasteiger partial charge in [-0.2, -0.15) is 0 Å². The standard InChI is InChI=1S/C44H59NO17/c1-21-26-27(57-22(2)46)31(48)42(11)24(47)18-25-43(20-56-25,62-37(53)55-12)29(42)32(59-33(49)23-16-14-13-15-17-23)44(54,40(26,8)9)19-41(21,10)60-34(50)28-30(39(6,7)35(51)58-28)45-36(52)61-38(3,4)5/h13-17,21,24-25,28-30,32,35,47,51,54H,18-20H2,1-12H3,(H,45,52)/t21?,24?,25-,28?,29?,30-,32+,35?,41-,42-,43+,44-/m1/s1. The van der Waals surface area contributed by atoms with Crippen LogP contribution >= 0.6 is 0 Å². The van der Waals surface area contributed by atoms with Crippen LogP contribution in [0.4, 0.5) is 9.59 Å². The lowest BCUT2D eigenvalue weighted by molar-refractivity contribution is -0.345. The molecule has 6 rings (SSSR count). The Morgan fingerprint density at radius 1 is 0.952 bits per heavy atom. The summed E-state index contributed by atoms with van der Waals surface area (Å²) in [6.07, 6.45) is -10.8. The Labute approximate surface area is 359 Å². The number of ether oxygens (including phenoxy) is 8. The van der Waals surface area contributed by atoms with E-state index in [0.717, 1.165) is 14.0 Å². The molecule has 12 atom stereocenters. The number of alkyl carbamates (subject to hydrolysis) is 1. The number of benzene rings is 1. The molecule has 5 aliphatic rings. The van der Waals surface area contributed by atoms with Gasteiger partial charge in [0.2, 0.25) is 5.78 Å². The first-order valence-corrected chi connectivity index (χ1v) is 20.6. The Kier molecular flexibility index (Phi) is 11.8. The van der Waals surface area contributed by atoms with E-state index in [1.807, 2.05) is 0 Å². The van der Waals surface area contributed by atoms with E-state index in [-0.39, 0.29) is 17.6 Å². The highest BCUT2D eigenvalue weighted by Gasteiger charge is 2.79. The number of nitrogens with one attached hydrogen (secondary N) is 1. The maximum absolute atomic E-state index is 15.6. The van der Waals surface area contributed by atoms with Crippen LogP contribution in [-0.2, 0) is 52.3 Å². The molecule has 4 N–H and O–H groups in total. The molecule has 2 aliphatic heterocycles. The molecular formula is C44H59NO17. The molecule has 18 nitrogen and oxygen atoms in total. The second-order valence-corrected chi connectivity index (χ2v) is 19.7. The first kappa shape index (κ1) is 46.9. The summed E-state index contributed by atoms with van der Waals surface area (Å²) in [5.41, 5.74) is -12.3. The molecule has 62 heavy (non-hydrogen) atoms. The minimum absolute atomic E-state index is 0.0274. The van der Waals surface area contributed by atoms with Crippen molar-refractivity contribution in [3.05, 3.63) is 47.2 Å². The van der Waals surface area contributed by atoms with Crippen molar-refractivity contribution in [2.45, 2.75) is 148 Å². The third-order valence-corrected chi connectivity index (χ3v) is 14.0. The zero-order chi connectivity index (χ0) is 46.3. The highest BCUT2D eigenvalue weighted by atomic mass is 16.8. The molecule has 2 bridgehead atoms. The molecule has 342 valence electrons. The predicted molar refractivity (Wildman–Crippen MR) is 212 cm³/mol. The van der Waals surface area contributed by atoms with Crippen molar-refractivity contribution in [3.63, 3.8) is 0 Å². The lowest BCUT2D eigenvalue weighted by Gasteiger charge is -2.67. The van der Waals surface area contributed by atoms with Gasteiger partial charge in [0.25, 0.3) is 0 Å². The Morgan fingerprint density at radius 2 is 1.58 bits per heavy atom. The zero-order valence-corrected chi connectivity index (χ0v) is 37.2. The molecule has 0 spiro atoms. The first-order chi connectivity index (χ1) is 28.5. The molecule has 0 aromatic heterocycles. The average Bonchev–Trinajstić information content (AvgIpc) is 3.38. The lowest BCUT2D eigenvalue weighted by atomic mass is 9.43. The fourth-order valence-corrected chi connectivity index (χ4v) is 10.3. The van der Waals surface area contributed by atoms with Gasteiger partial charge in [-0.3, -0.25) is 9.59 Å². The number of methoxy groups -OCH3 is 1. The summed E-state index contributed by atoms with van der Waals surface area (Å²) in [6.45, 7) is 16.2. The van der Waals surface area contributed by atoms with Gasteiger partial charge >= 0.3 is 30.2 Å². The summed E-state index contributed by atoms with van der Waals surface area (Å²) >= 11 is 0. The van der Waals surface area contributed by atoms with E-state index in [1.165, 1.54) is 26.0 Å². The Morgan fingerprint density at radius 3 is 2.13 bits per heavy atom. The van der Waals surface area contributed by atoms with Crippen LogP contribution in [0.2, 0.25) is 0 Å². The predicted octanol–water partition coefficient (Wildman–Crippen LogP) is 3.66. The maximum atomic E-state index is 15.6. The highest BCUT2D eigenvalue weighted by molar-refractivity contribution is 6.02. The third-order valence-electron chi connectivity index (χ3n) is 14.0. The first-order valence-electron chi connectivity index (χ1n) is 20.6. The van der Waals surface area contributed by atoms with E-state index in [1.54, 1.807) is 73.6 Å². The number of aliphatic hydroxyl groups excluding tert-OH is 2. The molecule has 18 heteroatoms. The number of allylic oxidation sites excluding steroid dienone is 1. The van der Waals surface area contributed by atoms with Crippen molar-refractivity contribution in [2.75, 3.05) is 13.7 Å². The summed E-state index contributed by atoms with van der Waals surface area (Å²) < 4.78 is 46.6. The van der Waals surface area contributed by atoms with Crippen LogP contribution in [0.5, 0.6) is 0 Å². The van der Waals surface area contributed by atoms with Crippen LogP contribution in [0.25, 0.3) is 0 Å². The number of fused-ring (bicyclic) bond motifs is 5. The molecule has 5 unspecified atom stereocenters. The second kappa shape index (κ2) is 15.6. The van der Waals surface area contributed by atoms with E-state index in [0.29, 0.717) is 0 Å². The van der Waals surface area contributed by atoms with Crippen molar-refractivity contribution in [1.82, 2.24) is 5.32 Å². The summed E-state index contributed by atoms with van der Waals surface area (Å²) in [5, 5.41) is 39.6. The van der Waals surface area contributed by atoms with Crippen molar-refractivity contribution < 1.29 is 82.0 Å². The summed E-state index contributed by atoms with van der Waals surface area (Å²) in [5.74, 6) is -7.28. The van der Waals surface area contributed by atoms with E-state index < -0.39 is 142 Å². The SMILES string of the molecule is COC(=O)O[C@@]12CO[C@@H]1CC(O)[C@@]1(C)C(=O)C(OC(C)=O)=C3C(C)[C@](C)(OC(=O)C4OC(O)C(C)(C)[C@@H]4NC(=O)OC(C)(C)C)C[C@@](O)([C@@H](OC(=O)c4ccccc4)C12)C3(C)C. The highest BCUT2D eigenvalue weighted by Crippen LogP contribution is 2.66. The molecule has 2 saturated carbocycles. The zero-order valence-electron chi connectivity index (χ0n) is 37.2. The van der Waals surface area contributed by atoms with Crippen LogP contribution in [-0.4, -0.2) is 124 Å². The van der Waals surface area contributed by atoms with Gasteiger partial charge in [-0.25, -0.2) is 19.2 Å².